The zero-order chi connectivity index (χ0) is 7.40. The topological polar surface area (TPSA) is 64.9 Å². The molecule has 0 aliphatic heterocycles. The van der Waals surface area contributed by atoms with Crippen molar-refractivity contribution in [3.63, 3.8) is 0 Å². The predicted molar refractivity (Wildman–Crippen MR) is 40.0 cm³/mol. The molecule has 1 aromatic rings. The van der Waals surface area contributed by atoms with Gasteiger partial charge in [-0.25, -0.2) is 0 Å². The highest BCUT2D eigenvalue weighted by Crippen LogP contribution is 1.96. The van der Waals surface area contributed by atoms with Gasteiger partial charge in [0, 0.05) is 13.1 Å². The van der Waals surface area contributed by atoms with E-state index >= 15 is 0 Å². The lowest BCUT2D eigenvalue weighted by Crippen LogP contribution is -2.04. The van der Waals surface area contributed by atoms with Gasteiger partial charge in [0.25, 0.3) is 0 Å². The maximum absolute atomic E-state index is 5.37. The summed E-state index contributed by atoms with van der Waals surface area (Å²) in [6.45, 7) is 0.960. The van der Waals surface area contributed by atoms with Crippen molar-refractivity contribution in [1.29, 1.82) is 0 Å². The van der Waals surface area contributed by atoms with Gasteiger partial charge in [0.1, 0.15) is 0 Å². The van der Waals surface area contributed by atoms with Gasteiger partial charge in [0.05, 0.1) is 11.4 Å². The van der Waals surface area contributed by atoms with Gasteiger partial charge in [0.15, 0.2) is 0 Å². The molecule has 0 aromatic carbocycles. The van der Waals surface area contributed by atoms with E-state index < -0.39 is 0 Å². The van der Waals surface area contributed by atoms with E-state index in [0.29, 0.717) is 13.1 Å². The Morgan fingerprint density at radius 2 is 1.60 bits per heavy atom. The van der Waals surface area contributed by atoms with Crippen LogP contribution in [-0.4, -0.2) is 4.98 Å². The molecule has 0 radical (unpaired) electrons. The minimum atomic E-state index is 0.480. The molecule has 0 aliphatic carbocycles. The van der Waals surface area contributed by atoms with Crippen molar-refractivity contribution in [2.24, 2.45) is 11.5 Å². The first kappa shape index (κ1) is 7.18. The molecule has 0 atom stereocenters. The average Bonchev–Trinajstić information content (AvgIpc) is 2.05. The molecule has 0 bridgehead atoms. The van der Waals surface area contributed by atoms with Crippen LogP contribution in [0.3, 0.4) is 0 Å². The van der Waals surface area contributed by atoms with Crippen LogP contribution < -0.4 is 11.5 Å². The molecule has 3 heteroatoms. The lowest BCUT2D eigenvalue weighted by molar-refractivity contribution is 0.916. The molecule has 4 N–H and O–H groups in total. The summed E-state index contributed by atoms with van der Waals surface area (Å²) in [6.07, 6.45) is 0. The quantitative estimate of drug-likeness (QED) is 0.603. The van der Waals surface area contributed by atoms with Gasteiger partial charge >= 0.3 is 0 Å². The molecular weight excluding hydrogens is 126 g/mol. The van der Waals surface area contributed by atoms with Gasteiger partial charge in [-0.1, -0.05) is 6.07 Å². The molecule has 54 valence electrons. The second kappa shape index (κ2) is 3.29. The number of nitrogens with two attached hydrogens (primary N) is 2. The summed E-state index contributed by atoms with van der Waals surface area (Å²) in [5.74, 6) is 0. The fraction of sp³-hybridized carbons (Fsp3) is 0.286. The summed E-state index contributed by atoms with van der Waals surface area (Å²) < 4.78 is 0. The molecular formula is C7H11N3. The standard InChI is InChI=1S/C7H11N3/c8-4-6-2-1-3-7(5-9)10-6/h1-3H,4-5,8-9H2. The first-order chi connectivity index (χ1) is 4.86. The van der Waals surface area contributed by atoms with Crippen LogP contribution >= 0.6 is 0 Å². The van der Waals surface area contributed by atoms with Crippen LogP contribution in [0.1, 0.15) is 11.4 Å². The summed E-state index contributed by atoms with van der Waals surface area (Å²) in [6, 6.07) is 5.69. The Hall–Kier alpha value is -0.930. The molecule has 0 aliphatic rings. The van der Waals surface area contributed by atoms with Crippen LogP contribution in [0, 0.1) is 0 Å². The highest BCUT2D eigenvalue weighted by Gasteiger charge is 1.91. The predicted octanol–water partition coefficient (Wildman–Crippen LogP) is -0.00100. The van der Waals surface area contributed by atoms with Crippen molar-refractivity contribution in [3.8, 4) is 0 Å². The maximum atomic E-state index is 5.37. The lowest BCUT2D eigenvalue weighted by atomic mass is 10.3. The number of rotatable bonds is 2. The molecule has 0 saturated heterocycles. The molecule has 1 rings (SSSR count). The SMILES string of the molecule is NCc1cccc(CN)n1. The Bertz CT molecular complexity index is 191. The van der Waals surface area contributed by atoms with Gasteiger partial charge < -0.3 is 11.5 Å². The number of aromatic nitrogens is 1. The van der Waals surface area contributed by atoms with E-state index in [1.165, 1.54) is 0 Å². The fourth-order valence-corrected chi connectivity index (χ4v) is 0.757. The van der Waals surface area contributed by atoms with E-state index in [-0.39, 0.29) is 0 Å². The Morgan fingerprint density at radius 3 is 2.00 bits per heavy atom. The van der Waals surface area contributed by atoms with Gasteiger partial charge in [0.2, 0.25) is 0 Å². The zero-order valence-corrected chi connectivity index (χ0v) is 5.75. The molecule has 1 heterocycles. The molecule has 1 aromatic heterocycles. The summed E-state index contributed by atoms with van der Waals surface area (Å²) in [5.41, 5.74) is 12.5. The third-order valence-corrected chi connectivity index (χ3v) is 1.28. The highest BCUT2D eigenvalue weighted by atomic mass is 14.8. The van der Waals surface area contributed by atoms with Crippen molar-refractivity contribution in [2.45, 2.75) is 13.1 Å². The second-order valence-electron chi connectivity index (χ2n) is 2.03. The van der Waals surface area contributed by atoms with Crippen LogP contribution in [0.5, 0.6) is 0 Å². The van der Waals surface area contributed by atoms with Crippen molar-refractivity contribution >= 4 is 0 Å². The smallest absolute Gasteiger partial charge is 0.0543 e. The molecule has 0 fully saturated rings. The summed E-state index contributed by atoms with van der Waals surface area (Å²) in [5, 5.41) is 0. The second-order valence-corrected chi connectivity index (χ2v) is 2.03. The lowest BCUT2D eigenvalue weighted by Gasteiger charge is -1.97. The Morgan fingerprint density at radius 1 is 1.10 bits per heavy atom. The third-order valence-electron chi connectivity index (χ3n) is 1.28. The van der Waals surface area contributed by atoms with E-state index in [4.69, 9.17) is 11.5 Å². The first-order valence-corrected chi connectivity index (χ1v) is 3.21. The van der Waals surface area contributed by atoms with Crippen LogP contribution in [0.15, 0.2) is 18.2 Å². The number of pyridine rings is 1. The third kappa shape index (κ3) is 1.52. The van der Waals surface area contributed by atoms with Crippen LogP contribution in [0.4, 0.5) is 0 Å². The Kier molecular flexibility index (Phi) is 2.36. The Balaban J connectivity index is 2.87. The largest absolute Gasteiger partial charge is 0.325 e. The van der Waals surface area contributed by atoms with Crippen LogP contribution in [-0.2, 0) is 13.1 Å². The molecule has 0 saturated carbocycles. The maximum Gasteiger partial charge on any atom is 0.0543 e. The first-order valence-electron chi connectivity index (χ1n) is 3.21. The van der Waals surface area contributed by atoms with Crippen LogP contribution in [0.2, 0.25) is 0 Å². The fourth-order valence-electron chi connectivity index (χ4n) is 0.757. The van der Waals surface area contributed by atoms with E-state index in [1.54, 1.807) is 0 Å². The molecule has 0 spiro atoms. The van der Waals surface area contributed by atoms with Crippen molar-refractivity contribution in [1.82, 2.24) is 4.98 Å². The number of nitrogens with zero attached hydrogens (tertiary/aromatic N) is 1. The van der Waals surface area contributed by atoms with Crippen molar-refractivity contribution in [3.05, 3.63) is 29.6 Å². The average molecular weight is 137 g/mol. The van der Waals surface area contributed by atoms with E-state index in [1.807, 2.05) is 18.2 Å². The van der Waals surface area contributed by atoms with Crippen molar-refractivity contribution < 1.29 is 0 Å². The number of hydrogen-bond acceptors (Lipinski definition) is 3. The minimum Gasteiger partial charge on any atom is -0.325 e. The summed E-state index contributed by atoms with van der Waals surface area (Å²) >= 11 is 0. The van der Waals surface area contributed by atoms with E-state index in [0.717, 1.165) is 11.4 Å². The molecule has 0 unspecified atom stereocenters. The summed E-state index contributed by atoms with van der Waals surface area (Å²) in [7, 11) is 0. The van der Waals surface area contributed by atoms with Gasteiger partial charge in [-0.2, -0.15) is 0 Å². The van der Waals surface area contributed by atoms with Gasteiger partial charge in [-0.3, -0.25) is 4.98 Å². The van der Waals surface area contributed by atoms with Crippen LogP contribution in [0.25, 0.3) is 0 Å². The van der Waals surface area contributed by atoms with E-state index in [2.05, 4.69) is 4.98 Å². The highest BCUT2D eigenvalue weighted by molar-refractivity contribution is 5.10. The monoisotopic (exact) mass is 137 g/mol. The van der Waals surface area contributed by atoms with Gasteiger partial charge in [-0.05, 0) is 12.1 Å². The van der Waals surface area contributed by atoms with Gasteiger partial charge in [-0.15, -0.1) is 0 Å². The van der Waals surface area contributed by atoms with E-state index in [9.17, 15) is 0 Å². The normalized spacial score (nSPS) is 9.80. The Labute approximate surface area is 60.1 Å². The van der Waals surface area contributed by atoms with Crippen molar-refractivity contribution in [2.75, 3.05) is 0 Å². The zero-order valence-electron chi connectivity index (χ0n) is 5.75. The minimum absolute atomic E-state index is 0.480. The number of hydrogen-bond donors (Lipinski definition) is 2. The molecule has 3 nitrogen and oxygen atoms in total. The molecule has 0 amide bonds. The summed E-state index contributed by atoms with van der Waals surface area (Å²) in [4.78, 5) is 4.16. The molecule has 10 heavy (non-hydrogen) atoms.